The van der Waals surface area contributed by atoms with Gasteiger partial charge in [-0.15, -0.1) is 0 Å². The molecule has 0 amide bonds. The first-order valence-corrected chi connectivity index (χ1v) is 9.40. The Morgan fingerprint density at radius 1 is 0.577 bits per heavy atom. The molecule has 0 radical (unpaired) electrons. The van der Waals surface area contributed by atoms with Crippen molar-refractivity contribution in [1.29, 1.82) is 0 Å². The molecule has 0 atom stereocenters. The second-order valence-corrected chi connectivity index (χ2v) is 6.56. The van der Waals surface area contributed by atoms with E-state index in [1.807, 2.05) is 0 Å². The summed E-state index contributed by atoms with van der Waals surface area (Å²) in [5, 5.41) is 12.9. The van der Waals surface area contributed by atoms with Crippen molar-refractivity contribution >= 4 is 0 Å². The monoisotopic (exact) mass is 345 g/mol. The van der Waals surface area contributed by atoms with Gasteiger partial charge >= 0.3 is 0 Å². The minimum atomic E-state index is -0.386. The van der Waals surface area contributed by atoms with E-state index in [9.17, 15) is 0 Å². The van der Waals surface area contributed by atoms with E-state index in [0.717, 1.165) is 25.8 Å². The summed E-state index contributed by atoms with van der Waals surface area (Å²) in [6, 6.07) is 32.0. The van der Waals surface area contributed by atoms with Crippen molar-refractivity contribution in [3.8, 4) is 0 Å². The van der Waals surface area contributed by atoms with Crippen LogP contribution in [0.2, 0.25) is 0 Å². The normalized spacial score (nSPS) is 11.4. The van der Waals surface area contributed by atoms with Gasteiger partial charge in [-0.25, -0.2) is 0 Å². The molecule has 26 heavy (non-hydrogen) atoms. The molecule has 3 aromatic carbocycles. The van der Waals surface area contributed by atoms with Gasteiger partial charge < -0.3 is 5.11 Å². The predicted octanol–water partition coefficient (Wildman–Crippen LogP) is 4.73. The number of rotatable bonds is 9. The summed E-state index contributed by atoms with van der Waals surface area (Å²) in [4.78, 5) is 0. The first-order valence-electron chi connectivity index (χ1n) is 9.40. The molecular formula is C24H27NO. The molecule has 3 aromatic rings. The van der Waals surface area contributed by atoms with Gasteiger partial charge in [0.25, 0.3) is 0 Å². The molecular weight excluding hydrogens is 318 g/mol. The molecule has 2 N–H and O–H groups in total. The van der Waals surface area contributed by atoms with Gasteiger partial charge in [0.1, 0.15) is 0 Å². The molecule has 0 heterocycles. The predicted molar refractivity (Wildman–Crippen MR) is 108 cm³/mol. The fraction of sp³-hybridized carbons (Fsp3) is 0.250. The van der Waals surface area contributed by atoms with Crippen LogP contribution in [0.25, 0.3) is 0 Å². The standard InChI is InChI=1S/C24H27NO/c26-20-12-4-11-19-25-24(21-13-5-1-6-14-21,22-15-7-2-8-16-22)23-17-9-3-10-18-23/h1-3,5-10,13-18,25-26H,4,11-12,19-20H2. The highest BCUT2D eigenvalue weighted by Gasteiger charge is 2.35. The lowest BCUT2D eigenvalue weighted by Crippen LogP contribution is -2.45. The minimum absolute atomic E-state index is 0.265. The van der Waals surface area contributed by atoms with Crippen LogP contribution in [0.1, 0.15) is 36.0 Å². The van der Waals surface area contributed by atoms with E-state index in [2.05, 4.69) is 96.3 Å². The smallest absolute Gasteiger partial charge is 0.0947 e. The molecule has 0 aliphatic heterocycles. The van der Waals surface area contributed by atoms with Crippen LogP contribution in [0.4, 0.5) is 0 Å². The van der Waals surface area contributed by atoms with Crippen molar-refractivity contribution < 1.29 is 5.11 Å². The zero-order valence-electron chi connectivity index (χ0n) is 15.1. The zero-order chi connectivity index (χ0) is 18.1. The van der Waals surface area contributed by atoms with Crippen LogP contribution in [-0.2, 0) is 5.54 Å². The van der Waals surface area contributed by atoms with Crippen LogP contribution in [-0.4, -0.2) is 18.3 Å². The Morgan fingerprint density at radius 2 is 1.00 bits per heavy atom. The van der Waals surface area contributed by atoms with Crippen LogP contribution in [0.15, 0.2) is 91.0 Å². The third-order valence-electron chi connectivity index (χ3n) is 4.85. The topological polar surface area (TPSA) is 32.3 Å². The zero-order valence-corrected chi connectivity index (χ0v) is 15.1. The second-order valence-electron chi connectivity index (χ2n) is 6.56. The van der Waals surface area contributed by atoms with E-state index in [4.69, 9.17) is 5.11 Å². The fourth-order valence-electron chi connectivity index (χ4n) is 3.56. The Labute approximate surface area is 156 Å². The Morgan fingerprint density at radius 3 is 1.38 bits per heavy atom. The Kier molecular flexibility index (Phi) is 6.59. The number of hydrogen-bond donors (Lipinski definition) is 2. The van der Waals surface area contributed by atoms with Gasteiger partial charge in [-0.3, -0.25) is 5.32 Å². The summed E-state index contributed by atoms with van der Waals surface area (Å²) in [6.07, 6.45) is 2.92. The van der Waals surface area contributed by atoms with E-state index in [1.54, 1.807) is 0 Å². The van der Waals surface area contributed by atoms with E-state index >= 15 is 0 Å². The molecule has 3 rings (SSSR count). The van der Waals surface area contributed by atoms with E-state index in [-0.39, 0.29) is 12.1 Å². The molecule has 2 nitrogen and oxygen atoms in total. The minimum Gasteiger partial charge on any atom is -0.396 e. The highest BCUT2D eigenvalue weighted by atomic mass is 16.2. The first-order chi connectivity index (χ1) is 12.9. The highest BCUT2D eigenvalue weighted by Crippen LogP contribution is 2.36. The maximum atomic E-state index is 9.04. The van der Waals surface area contributed by atoms with Crippen LogP contribution in [0.5, 0.6) is 0 Å². The van der Waals surface area contributed by atoms with Gasteiger partial charge in [0.05, 0.1) is 5.54 Å². The Balaban J connectivity index is 2.06. The molecule has 0 saturated heterocycles. The van der Waals surface area contributed by atoms with Crippen molar-refractivity contribution in [3.05, 3.63) is 108 Å². The van der Waals surface area contributed by atoms with Crippen LogP contribution in [0, 0.1) is 0 Å². The van der Waals surface area contributed by atoms with Crippen molar-refractivity contribution in [2.45, 2.75) is 24.8 Å². The number of unbranched alkanes of at least 4 members (excludes halogenated alkanes) is 2. The van der Waals surface area contributed by atoms with E-state index in [0.29, 0.717) is 0 Å². The van der Waals surface area contributed by atoms with E-state index < -0.39 is 0 Å². The lowest BCUT2D eigenvalue weighted by molar-refractivity contribution is 0.282. The van der Waals surface area contributed by atoms with Gasteiger partial charge in [-0.05, 0) is 42.5 Å². The van der Waals surface area contributed by atoms with Crippen molar-refractivity contribution in [2.75, 3.05) is 13.2 Å². The van der Waals surface area contributed by atoms with Crippen molar-refractivity contribution in [3.63, 3.8) is 0 Å². The van der Waals surface area contributed by atoms with Gasteiger partial charge in [0.2, 0.25) is 0 Å². The van der Waals surface area contributed by atoms with Gasteiger partial charge in [0.15, 0.2) is 0 Å². The number of aliphatic hydroxyl groups excluding tert-OH is 1. The SMILES string of the molecule is OCCCCCNC(c1ccccc1)(c1ccccc1)c1ccccc1. The molecule has 0 saturated carbocycles. The van der Waals surface area contributed by atoms with Crippen LogP contribution in [0.3, 0.4) is 0 Å². The number of benzene rings is 3. The largest absolute Gasteiger partial charge is 0.396 e. The lowest BCUT2D eigenvalue weighted by Gasteiger charge is -2.37. The lowest BCUT2D eigenvalue weighted by atomic mass is 9.77. The fourth-order valence-corrected chi connectivity index (χ4v) is 3.56. The molecule has 0 spiro atoms. The average molecular weight is 345 g/mol. The number of nitrogens with one attached hydrogen (secondary N) is 1. The molecule has 2 heteroatoms. The summed E-state index contributed by atoms with van der Waals surface area (Å²) < 4.78 is 0. The Hall–Kier alpha value is -2.42. The maximum absolute atomic E-state index is 9.04. The Bertz CT molecular complexity index is 659. The van der Waals surface area contributed by atoms with E-state index in [1.165, 1.54) is 16.7 Å². The number of aliphatic hydroxyl groups is 1. The molecule has 0 fully saturated rings. The highest BCUT2D eigenvalue weighted by molar-refractivity contribution is 5.49. The molecule has 134 valence electrons. The quantitative estimate of drug-likeness (QED) is 0.434. The summed E-state index contributed by atoms with van der Waals surface area (Å²) >= 11 is 0. The summed E-state index contributed by atoms with van der Waals surface area (Å²) in [7, 11) is 0. The molecule has 0 aliphatic rings. The van der Waals surface area contributed by atoms with Crippen LogP contribution >= 0.6 is 0 Å². The third kappa shape index (κ3) is 4.04. The van der Waals surface area contributed by atoms with Crippen molar-refractivity contribution in [1.82, 2.24) is 5.32 Å². The molecule has 0 unspecified atom stereocenters. The first kappa shape index (κ1) is 18.4. The molecule has 0 aromatic heterocycles. The number of hydrogen-bond acceptors (Lipinski definition) is 2. The maximum Gasteiger partial charge on any atom is 0.0947 e. The van der Waals surface area contributed by atoms with Gasteiger partial charge in [-0.2, -0.15) is 0 Å². The summed E-state index contributed by atoms with van der Waals surface area (Å²) in [5.41, 5.74) is 3.32. The van der Waals surface area contributed by atoms with Gasteiger partial charge in [-0.1, -0.05) is 91.0 Å². The average Bonchev–Trinajstić information content (AvgIpc) is 2.73. The van der Waals surface area contributed by atoms with Crippen molar-refractivity contribution in [2.24, 2.45) is 0 Å². The van der Waals surface area contributed by atoms with Gasteiger partial charge in [0, 0.05) is 6.61 Å². The summed E-state index contributed by atoms with van der Waals surface area (Å²) in [5.74, 6) is 0. The summed E-state index contributed by atoms with van der Waals surface area (Å²) in [6.45, 7) is 1.15. The molecule has 0 bridgehead atoms. The molecule has 0 aliphatic carbocycles. The third-order valence-corrected chi connectivity index (χ3v) is 4.85. The van der Waals surface area contributed by atoms with Crippen LogP contribution < -0.4 is 5.32 Å². The second kappa shape index (κ2) is 9.33.